The molecule has 0 fully saturated rings. The number of aromatic nitrogens is 4. The summed E-state index contributed by atoms with van der Waals surface area (Å²) in [6.45, 7) is 1.99. The van der Waals surface area contributed by atoms with Crippen LogP contribution in [0.2, 0.25) is 0 Å². The van der Waals surface area contributed by atoms with Crippen molar-refractivity contribution in [3.05, 3.63) is 29.5 Å². The first-order chi connectivity index (χ1) is 8.76. The van der Waals surface area contributed by atoms with Crippen LogP contribution < -0.4 is 5.73 Å². The van der Waals surface area contributed by atoms with Crippen LogP contribution in [0.4, 0.5) is 5.95 Å². The zero-order valence-electron chi connectivity index (χ0n) is 9.79. The highest BCUT2D eigenvalue weighted by atomic mass is 32.1. The first-order valence-corrected chi connectivity index (χ1v) is 6.48. The maximum atomic E-state index is 5.68. The molecule has 0 bridgehead atoms. The van der Waals surface area contributed by atoms with Crippen LogP contribution in [0.15, 0.2) is 23.7 Å². The standard InChI is InChI=1S/C12H11N5S/c1-2-10-15-11(17-12(13)16-10)7-5-9-8(14-6-7)3-4-18-9/h3-6H,2H2,1H3,(H2,13,15,16,17). The molecular weight excluding hydrogens is 246 g/mol. The van der Waals surface area contributed by atoms with Crippen molar-refractivity contribution >= 4 is 27.5 Å². The molecule has 3 aromatic heterocycles. The quantitative estimate of drug-likeness (QED) is 0.762. The number of rotatable bonds is 2. The lowest BCUT2D eigenvalue weighted by Gasteiger charge is -2.03. The number of aryl methyl sites for hydroxylation is 1. The van der Waals surface area contributed by atoms with Crippen molar-refractivity contribution in [2.75, 3.05) is 5.73 Å². The molecule has 0 saturated heterocycles. The Kier molecular flexibility index (Phi) is 2.64. The van der Waals surface area contributed by atoms with Gasteiger partial charge in [0, 0.05) is 18.2 Å². The fourth-order valence-electron chi connectivity index (χ4n) is 1.69. The van der Waals surface area contributed by atoms with Crippen LogP contribution in [-0.4, -0.2) is 19.9 Å². The van der Waals surface area contributed by atoms with Gasteiger partial charge in [0.05, 0.1) is 10.2 Å². The van der Waals surface area contributed by atoms with Crippen LogP contribution in [0.5, 0.6) is 0 Å². The van der Waals surface area contributed by atoms with Gasteiger partial charge in [0.1, 0.15) is 5.82 Å². The van der Waals surface area contributed by atoms with E-state index < -0.39 is 0 Å². The van der Waals surface area contributed by atoms with Crippen LogP contribution in [0.1, 0.15) is 12.7 Å². The summed E-state index contributed by atoms with van der Waals surface area (Å²) < 4.78 is 1.12. The maximum absolute atomic E-state index is 5.68. The minimum atomic E-state index is 0.253. The smallest absolute Gasteiger partial charge is 0.223 e. The Morgan fingerprint density at radius 3 is 3.00 bits per heavy atom. The van der Waals surface area contributed by atoms with E-state index in [0.29, 0.717) is 11.6 Å². The predicted molar refractivity (Wildman–Crippen MR) is 72.2 cm³/mol. The summed E-state index contributed by atoms with van der Waals surface area (Å²) in [5.74, 6) is 1.54. The predicted octanol–water partition coefficient (Wildman–Crippen LogP) is 2.29. The number of anilines is 1. The Hall–Kier alpha value is -2.08. The molecule has 0 atom stereocenters. The van der Waals surface area contributed by atoms with Crippen molar-refractivity contribution in [2.45, 2.75) is 13.3 Å². The molecule has 3 heterocycles. The van der Waals surface area contributed by atoms with E-state index in [2.05, 4.69) is 19.9 Å². The van der Waals surface area contributed by atoms with Gasteiger partial charge in [-0.1, -0.05) is 6.92 Å². The Labute approximate surface area is 108 Å². The lowest BCUT2D eigenvalue weighted by Crippen LogP contribution is -2.04. The molecule has 0 spiro atoms. The molecule has 0 aliphatic carbocycles. The number of thiophene rings is 1. The van der Waals surface area contributed by atoms with Crippen molar-refractivity contribution in [3.63, 3.8) is 0 Å². The second-order valence-electron chi connectivity index (χ2n) is 3.81. The third kappa shape index (κ3) is 1.91. The summed E-state index contributed by atoms with van der Waals surface area (Å²) in [4.78, 5) is 17.0. The first-order valence-electron chi connectivity index (χ1n) is 5.60. The van der Waals surface area contributed by atoms with Crippen LogP contribution in [-0.2, 0) is 6.42 Å². The number of nitrogens with two attached hydrogens (primary N) is 1. The molecule has 0 aromatic carbocycles. The number of hydrogen-bond acceptors (Lipinski definition) is 6. The van der Waals surface area contributed by atoms with Crippen LogP contribution in [0.25, 0.3) is 21.6 Å². The van der Waals surface area contributed by atoms with Gasteiger partial charge in [-0.15, -0.1) is 11.3 Å². The first kappa shape index (κ1) is 11.0. The van der Waals surface area contributed by atoms with Crippen molar-refractivity contribution in [3.8, 4) is 11.4 Å². The van der Waals surface area contributed by atoms with E-state index in [-0.39, 0.29) is 5.95 Å². The maximum Gasteiger partial charge on any atom is 0.223 e. The Bertz CT molecular complexity index is 707. The molecule has 3 rings (SSSR count). The summed E-state index contributed by atoms with van der Waals surface area (Å²) >= 11 is 1.65. The van der Waals surface area contributed by atoms with Gasteiger partial charge in [0.15, 0.2) is 5.82 Å². The summed E-state index contributed by atoms with van der Waals surface area (Å²) in [7, 11) is 0. The molecular formula is C12H11N5S. The van der Waals surface area contributed by atoms with Crippen LogP contribution >= 0.6 is 11.3 Å². The van der Waals surface area contributed by atoms with Gasteiger partial charge in [-0.3, -0.25) is 4.98 Å². The van der Waals surface area contributed by atoms with Gasteiger partial charge in [-0.2, -0.15) is 9.97 Å². The number of pyridine rings is 1. The fourth-order valence-corrected chi connectivity index (χ4v) is 2.47. The van der Waals surface area contributed by atoms with Crippen molar-refractivity contribution < 1.29 is 0 Å². The van der Waals surface area contributed by atoms with E-state index in [0.717, 1.165) is 22.2 Å². The molecule has 0 unspecified atom stereocenters. The van der Waals surface area contributed by atoms with Gasteiger partial charge in [-0.25, -0.2) is 4.98 Å². The number of nitrogen functional groups attached to an aromatic ring is 1. The highest BCUT2D eigenvalue weighted by Crippen LogP contribution is 2.24. The largest absolute Gasteiger partial charge is 0.368 e. The second-order valence-corrected chi connectivity index (χ2v) is 4.76. The van der Waals surface area contributed by atoms with E-state index in [1.54, 1.807) is 17.5 Å². The minimum absolute atomic E-state index is 0.253. The highest BCUT2D eigenvalue weighted by molar-refractivity contribution is 7.17. The second kappa shape index (κ2) is 4.30. The number of fused-ring (bicyclic) bond motifs is 1. The summed E-state index contributed by atoms with van der Waals surface area (Å²) in [5, 5.41) is 2.01. The topological polar surface area (TPSA) is 77.6 Å². The lowest BCUT2D eigenvalue weighted by molar-refractivity contribution is 0.913. The highest BCUT2D eigenvalue weighted by Gasteiger charge is 2.07. The molecule has 3 aromatic rings. The third-order valence-corrected chi connectivity index (χ3v) is 3.43. The molecule has 0 radical (unpaired) electrons. The monoisotopic (exact) mass is 257 g/mol. The molecule has 0 saturated carbocycles. The van der Waals surface area contributed by atoms with Crippen LogP contribution in [0, 0.1) is 0 Å². The minimum Gasteiger partial charge on any atom is -0.368 e. The van der Waals surface area contributed by atoms with Gasteiger partial charge >= 0.3 is 0 Å². The molecule has 0 amide bonds. The van der Waals surface area contributed by atoms with Gasteiger partial charge < -0.3 is 5.73 Å². The van der Waals surface area contributed by atoms with Gasteiger partial charge in [0.25, 0.3) is 0 Å². The number of nitrogens with zero attached hydrogens (tertiary/aromatic N) is 4. The van der Waals surface area contributed by atoms with E-state index in [1.165, 1.54) is 0 Å². The molecule has 0 aliphatic rings. The Morgan fingerprint density at radius 2 is 2.17 bits per heavy atom. The van der Waals surface area contributed by atoms with E-state index in [9.17, 15) is 0 Å². The summed E-state index contributed by atoms with van der Waals surface area (Å²) in [6, 6.07) is 4.02. The van der Waals surface area contributed by atoms with E-state index in [1.807, 2.05) is 24.4 Å². The Balaban J connectivity index is 2.15. The fraction of sp³-hybridized carbons (Fsp3) is 0.167. The van der Waals surface area contributed by atoms with E-state index in [4.69, 9.17) is 5.73 Å². The van der Waals surface area contributed by atoms with Crippen molar-refractivity contribution in [1.82, 2.24) is 19.9 Å². The molecule has 2 N–H and O–H groups in total. The zero-order valence-corrected chi connectivity index (χ0v) is 10.6. The summed E-state index contributed by atoms with van der Waals surface area (Å²) in [6.07, 6.45) is 2.50. The van der Waals surface area contributed by atoms with Crippen molar-refractivity contribution in [1.29, 1.82) is 0 Å². The third-order valence-electron chi connectivity index (χ3n) is 2.58. The van der Waals surface area contributed by atoms with Crippen molar-refractivity contribution in [2.24, 2.45) is 0 Å². The SMILES string of the molecule is CCc1nc(N)nc(-c2cnc3ccsc3c2)n1. The average molecular weight is 257 g/mol. The molecule has 18 heavy (non-hydrogen) atoms. The van der Waals surface area contributed by atoms with Crippen LogP contribution in [0.3, 0.4) is 0 Å². The average Bonchev–Trinajstić information content (AvgIpc) is 2.85. The normalized spacial score (nSPS) is 10.9. The lowest BCUT2D eigenvalue weighted by atomic mass is 10.2. The van der Waals surface area contributed by atoms with E-state index >= 15 is 0 Å². The zero-order chi connectivity index (χ0) is 12.5. The summed E-state index contributed by atoms with van der Waals surface area (Å²) in [5.41, 5.74) is 7.54. The Morgan fingerprint density at radius 1 is 1.28 bits per heavy atom. The molecule has 90 valence electrons. The molecule has 0 aliphatic heterocycles. The molecule has 6 heteroatoms. The molecule has 5 nitrogen and oxygen atoms in total. The number of hydrogen-bond donors (Lipinski definition) is 1. The van der Waals surface area contributed by atoms with Gasteiger partial charge in [0.2, 0.25) is 5.95 Å². The van der Waals surface area contributed by atoms with Gasteiger partial charge in [-0.05, 0) is 17.5 Å².